The molecule has 7 nitrogen and oxygen atoms in total. The van der Waals surface area contributed by atoms with Gasteiger partial charge in [-0.3, -0.25) is 4.79 Å². The summed E-state index contributed by atoms with van der Waals surface area (Å²) >= 11 is 0. The predicted octanol–water partition coefficient (Wildman–Crippen LogP) is 2.48. The van der Waals surface area contributed by atoms with E-state index in [0.29, 0.717) is 44.0 Å². The predicted molar refractivity (Wildman–Crippen MR) is 113 cm³/mol. The summed E-state index contributed by atoms with van der Waals surface area (Å²) in [4.78, 5) is 13.3. The molecule has 0 spiro atoms. The first-order valence-corrected chi connectivity index (χ1v) is 11.8. The molecule has 1 saturated heterocycles. The number of rotatable bonds is 5. The van der Waals surface area contributed by atoms with E-state index in [1.807, 2.05) is 48.5 Å². The molecule has 0 unspecified atom stereocenters. The van der Waals surface area contributed by atoms with Crippen molar-refractivity contribution in [2.24, 2.45) is 0 Å². The smallest absolute Gasteiger partial charge is 0.232 e. The lowest BCUT2D eigenvalue weighted by Gasteiger charge is -2.40. The van der Waals surface area contributed by atoms with Crippen molar-refractivity contribution in [3.63, 3.8) is 0 Å². The molecule has 2 aromatic carbocycles. The number of nitrogens with one attached hydrogen (secondary N) is 1. The molecule has 1 fully saturated rings. The molecule has 0 atom stereocenters. The number of hydrogen-bond donors (Lipinski definition) is 1. The third kappa shape index (κ3) is 3.95. The van der Waals surface area contributed by atoms with Gasteiger partial charge >= 0.3 is 0 Å². The summed E-state index contributed by atoms with van der Waals surface area (Å²) in [5.41, 5.74) is 1.07. The van der Waals surface area contributed by atoms with Gasteiger partial charge in [0.25, 0.3) is 0 Å². The molecule has 4 rings (SSSR count). The van der Waals surface area contributed by atoms with E-state index in [1.165, 1.54) is 10.6 Å². The molecule has 0 aliphatic carbocycles. The van der Waals surface area contributed by atoms with Gasteiger partial charge in [0, 0.05) is 37.9 Å². The maximum atomic E-state index is 13.3. The summed E-state index contributed by atoms with van der Waals surface area (Å²) in [6.45, 7) is 1.08. The van der Waals surface area contributed by atoms with Gasteiger partial charge in [-0.15, -0.1) is 0 Å². The minimum absolute atomic E-state index is 0.125. The molecule has 1 amide bonds. The van der Waals surface area contributed by atoms with E-state index in [0.717, 1.165) is 11.1 Å². The molecule has 160 valence electrons. The van der Waals surface area contributed by atoms with E-state index < -0.39 is 21.5 Å². The maximum absolute atomic E-state index is 13.3. The number of carbonyl (C=O) groups excluding carboxylic acids is 1. The van der Waals surface area contributed by atoms with Crippen molar-refractivity contribution >= 4 is 15.9 Å². The average molecular weight is 431 g/mol. The Morgan fingerprint density at radius 2 is 1.63 bits per heavy atom. The lowest BCUT2D eigenvalue weighted by Crippen LogP contribution is -2.53. The molecule has 0 aromatic heterocycles. The van der Waals surface area contributed by atoms with Crippen LogP contribution in [0.2, 0.25) is 0 Å². The topological polar surface area (TPSA) is 84.9 Å². The van der Waals surface area contributed by atoms with Crippen molar-refractivity contribution in [3.05, 3.63) is 59.7 Å². The highest BCUT2D eigenvalue weighted by Crippen LogP contribution is 2.44. The maximum Gasteiger partial charge on any atom is 0.232 e. The third-order valence-electron chi connectivity index (χ3n) is 6.06. The highest BCUT2D eigenvalue weighted by molar-refractivity contribution is 7.88. The van der Waals surface area contributed by atoms with Gasteiger partial charge in [-0.1, -0.05) is 36.4 Å². The number of nitrogens with zero attached hydrogens (tertiary/aromatic N) is 1. The number of sulfonamides is 1. The quantitative estimate of drug-likeness (QED) is 0.788. The number of para-hydroxylation sites is 2. The Balaban J connectivity index is 1.52. The number of fused-ring (bicyclic) bond motifs is 2. The summed E-state index contributed by atoms with van der Waals surface area (Å²) in [7, 11) is -1.61. The van der Waals surface area contributed by atoms with Gasteiger partial charge < -0.3 is 14.8 Å². The zero-order valence-corrected chi connectivity index (χ0v) is 17.9. The molecular weight excluding hydrogens is 404 g/mol. The molecule has 30 heavy (non-hydrogen) atoms. The van der Waals surface area contributed by atoms with Gasteiger partial charge in [0.15, 0.2) is 0 Å². The fourth-order valence-corrected chi connectivity index (χ4v) is 5.07. The molecule has 8 heteroatoms. The fraction of sp³-hybridized carbons (Fsp3) is 0.409. The fourth-order valence-electron chi connectivity index (χ4n) is 4.22. The molecule has 2 aliphatic heterocycles. The number of methoxy groups -OCH3 is 1. The summed E-state index contributed by atoms with van der Waals surface area (Å²) in [6, 6.07) is 15.1. The van der Waals surface area contributed by atoms with Crippen molar-refractivity contribution < 1.29 is 22.7 Å². The van der Waals surface area contributed by atoms with Crippen LogP contribution in [0.3, 0.4) is 0 Å². The van der Waals surface area contributed by atoms with Crippen molar-refractivity contribution in [2.75, 3.05) is 33.0 Å². The van der Waals surface area contributed by atoms with Gasteiger partial charge in [0.2, 0.25) is 15.9 Å². The Kier molecular flexibility index (Phi) is 5.57. The largest absolute Gasteiger partial charge is 0.457 e. The molecule has 2 heterocycles. The molecule has 1 N–H and O–H groups in total. The standard InChI is InChI=1S/C22H26N2O5S/c1-28-22(11-13-24(14-12-22)30(2,26)27)15-23-21(25)20-16-7-3-5-9-18(16)29-19-10-6-4-8-17(19)20/h3-10,20H,11-15H2,1-2H3,(H,23,25). The normalized spacial score (nSPS) is 18.7. The Morgan fingerprint density at radius 1 is 1.10 bits per heavy atom. The van der Waals surface area contributed by atoms with Crippen molar-refractivity contribution in [1.82, 2.24) is 9.62 Å². The van der Waals surface area contributed by atoms with Crippen LogP contribution in [-0.4, -0.2) is 57.2 Å². The summed E-state index contributed by atoms with van der Waals surface area (Å²) in [5, 5.41) is 3.06. The molecule has 0 bridgehead atoms. The Hall–Kier alpha value is -2.42. The summed E-state index contributed by atoms with van der Waals surface area (Å²) < 4.78 is 36.8. The number of amides is 1. The summed E-state index contributed by atoms with van der Waals surface area (Å²) in [5.74, 6) is 0.759. The van der Waals surface area contributed by atoms with Crippen LogP contribution in [0.4, 0.5) is 0 Å². The zero-order valence-electron chi connectivity index (χ0n) is 17.1. The van der Waals surface area contributed by atoms with E-state index >= 15 is 0 Å². The SMILES string of the molecule is COC1(CNC(=O)C2c3ccccc3Oc3ccccc32)CCN(S(C)(=O)=O)CC1. The van der Waals surface area contributed by atoms with Crippen molar-refractivity contribution in [2.45, 2.75) is 24.4 Å². The van der Waals surface area contributed by atoms with E-state index in [-0.39, 0.29) is 5.91 Å². The highest BCUT2D eigenvalue weighted by atomic mass is 32.2. The molecule has 0 radical (unpaired) electrons. The summed E-state index contributed by atoms with van der Waals surface area (Å²) in [6.07, 6.45) is 2.27. The minimum atomic E-state index is -3.22. The van der Waals surface area contributed by atoms with Gasteiger partial charge in [-0.05, 0) is 25.0 Å². The van der Waals surface area contributed by atoms with E-state index in [4.69, 9.17) is 9.47 Å². The lowest BCUT2D eigenvalue weighted by molar-refractivity contribution is -0.124. The molecule has 2 aliphatic rings. The number of ether oxygens (including phenoxy) is 2. The first-order chi connectivity index (χ1) is 14.3. The minimum Gasteiger partial charge on any atom is -0.457 e. The lowest BCUT2D eigenvalue weighted by atomic mass is 9.86. The highest BCUT2D eigenvalue weighted by Gasteiger charge is 2.39. The first-order valence-electron chi connectivity index (χ1n) is 9.97. The van der Waals surface area contributed by atoms with Crippen LogP contribution >= 0.6 is 0 Å². The average Bonchev–Trinajstić information content (AvgIpc) is 2.75. The molecule has 0 saturated carbocycles. The number of benzene rings is 2. The van der Waals surface area contributed by atoms with E-state index in [1.54, 1.807) is 7.11 Å². The zero-order chi connectivity index (χ0) is 21.4. The van der Waals surface area contributed by atoms with Crippen molar-refractivity contribution in [3.8, 4) is 11.5 Å². The van der Waals surface area contributed by atoms with Crippen LogP contribution in [0.25, 0.3) is 0 Å². The van der Waals surface area contributed by atoms with Crippen LogP contribution in [0.1, 0.15) is 29.9 Å². The van der Waals surface area contributed by atoms with Crippen LogP contribution in [0, 0.1) is 0 Å². The monoisotopic (exact) mass is 430 g/mol. The van der Waals surface area contributed by atoms with Gasteiger partial charge in [0.05, 0.1) is 17.8 Å². The van der Waals surface area contributed by atoms with Gasteiger partial charge in [-0.25, -0.2) is 12.7 Å². The van der Waals surface area contributed by atoms with Crippen LogP contribution in [0.5, 0.6) is 11.5 Å². The number of carbonyl (C=O) groups is 1. The van der Waals surface area contributed by atoms with Crippen LogP contribution in [-0.2, 0) is 19.6 Å². The van der Waals surface area contributed by atoms with Crippen LogP contribution in [0.15, 0.2) is 48.5 Å². The second kappa shape index (κ2) is 8.02. The van der Waals surface area contributed by atoms with Crippen molar-refractivity contribution in [1.29, 1.82) is 0 Å². The van der Waals surface area contributed by atoms with Crippen LogP contribution < -0.4 is 10.1 Å². The van der Waals surface area contributed by atoms with E-state index in [2.05, 4.69) is 5.32 Å². The molecular formula is C22H26N2O5S. The number of piperidine rings is 1. The van der Waals surface area contributed by atoms with E-state index in [9.17, 15) is 13.2 Å². The second-order valence-electron chi connectivity index (χ2n) is 7.88. The second-order valence-corrected chi connectivity index (χ2v) is 9.86. The number of hydrogen-bond acceptors (Lipinski definition) is 5. The Labute approximate surface area is 177 Å². The Bertz CT molecular complexity index is 999. The first kappa shape index (κ1) is 20.8. The van der Waals surface area contributed by atoms with Gasteiger partial charge in [-0.2, -0.15) is 0 Å². The Morgan fingerprint density at radius 3 is 2.13 bits per heavy atom. The van der Waals surface area contributed by atoms with Gasteiger partial charge in [0.1, 0.15) is 11.5 Å². The third-order valence-corrected chi connectivity index (χ3v) is 7.37. The molecule has 2 aromatic rings.